The first kappa shape index (κ1) is 12.9. The molecule has 1 saturated carbocycles. The molecule has 18 heavy (non-hydrogen) atoms. The van der Waals surface area contributed by atoms with Crippen LogP contribution in [-0.4, -0.2) is 18.0 Å². The minimum Gasteiger partial charge on any atom is -0.496 e. The van der Waals surface area contributed by atoms with E-state index >= 15 is 0 Å². The van der Waals surface area contributed by atoms with Gasteiger partial charge in [0.2, 0.25) is 0 Å². The molecule has 1 aliphatic carbocycles. The summed E-state index contributed by atoms with van der Waals surface area (Å²) < 4.78 is 5.38. The summed E-state index contributed by atoms with van der Waals surface area (Å²) in [4.78, 5) is 0. The van der Waals surface area contributed by atoms with Gasteiger partial charge in [0.15, 0.2) is 0 Å². The van der Waals surface area contributed by atoms with Gasteiger partial charge >= 0.3 is 0 Å². The molecule has 0 heterocycles. The Hall–Kier alpha value is -1.51. The van der Waals surface area contributed by atoms with Gasteiger partial charge < -0.3 is 9.94 Å². The molecule has 0 radical (unpaired) electrons. The molecule has 0 unspecified atom stereocenters. The zero-order valence-electron chi connectivity index (χ0n) is 11.1. The van der Waals surface area contributed by atoms with E-state index in [1.807, 2.05) is 25.1 Å². The molecule has 0 aromatic heterocycles. The maximum absolute atomic E-state index is 9.37. The standard InChI is InChI=1S/C15H21NO2/c1-11-8-9-14(18-2)13(10-11)15(16-17)12-6-4-3-5-7-12/h8-10,12,17H,3-7H2,1-2H3/b16-15+. The SMILES string of the molecule is COc1ccc(C)cc1/C(=N/O)C1CCCCC1. The van der Waals surface area contributed by atoms with Crippen molar-refractivity contribution in [1.29, 1.82) is 0 Å². The number of methoxy groups -OCH3 is 1. The fraction of sp³-hybridized carbons (Fsp3) is 0.533. The minimum absolute atomic E-state index is 0.361. The number of hydrogen-bond acceptors (Lipinski definition) is 3. The molecule has 1 aliphatic rings. The highest BCUT2D eigenvalue weighted by Crippen LogP contribution is 2.31. The quantitative estimate of drug-likeness (QED) is 0.502. The van der Waals surface area contributed by atoms with Crippen LogP contribution in [0.2, 0.25) is 0 Å². The van der Waals surface area contributed by atoms with Crippen LogP contribution in [0.25, 0.3) is 0 Å². The van der Waals surface area contributed by atoms with Crippen molar-refractivity contribution in [3.63, 3.8) is 0 Å². The zero-order valence-corrected chi connectivity index (χ0v) is 11.1. The highest BCUT2D eigenvalue weighted by atomic mass is 16.5. The Labute approximate surface area is 108 Å². The molecule has 1 N–H and O–H groups in total. The summed E-state index contributed by atoms with van der Waals surface area (Å²) in [5.74, 6) is 1.15. The smallest absolute Gasteiger partial charge is 0.128 e. The molecule has 0 aliphatic heterocycles. The molecule has 0 atom stereocenters. The average Bonchev–Trinajstić information content (AvgIpc) is 2.41. The lowest BCUT2D eigenvalue weighted by Gasteiger charge is -2.23. The predicted molar refractivity (Wildman–Crippen MR) is 72.6 cm³/mol. The third-order valence-electron chi connectivity index (χ3n) is 3.73. The van der Waals surface area contributed by atoms with Gasteiger partial charge in [-0.25, -0.2) is 0 Å². The first-order valence-electron chi connectivity index (χ1n) is 6.63. The highest BCUT2D eigenvalue weighted by molar-refractivity contribution is 6.04. The summed E-state index contributed by atoms with van der Waals surface area (Å²) in [7, 11) is 1.66. The van der Waals surface area contributed by atoms with Gasteiger partial charge in [0.05, 0.1) is 12.8 Å². The lowest BCUT2D eigenvalue weighted by Crippen LogP contribution is -2.19. The van der Waals surface area contributed by atoms with Crippen molar-refractivity contribution in [3.8, 4) is 5.75 Å². The molecular weight excluding hydrogens is 226 g/mol. The van der Waals surface area contributed by atoms with Crippen molar-refractivity contribution in [3.05, 3.63) is 29.3 Å². The van der Waals surface area contributed by atoms with Crippen LogP contribution in [0.5, 0.6) is 5.75 Å². The Balaban J connectivity index is 2.34. The number of rotatable bonds is 3. The third-order valence-corrected chi connectivity index (χ3v) is 3.73. The van der Waals surface area contributed by atoms with E-state index in [0.717, 1.165) is 35.4 Å². The molecule has 2 rings (SSSR count). The van der Waals surface area contributed by atoms with Gasteiger partial charge in [-0.1, -0.05) is 36.0 Å². The van der Waals surface area contributed by atoms with Crippen LogP contribution < -0.4 is 4.74 Å². The number of nitrogens with zero attached hydrogens (tertiary/aromatic N) is 1. The largest absolute Gasteiger partial charge is 0.496 e. The monoisotopic (exact) mass is 247 g/mol. The number of aryl methyl sites for hydroxylation is 1. The number of benzene rings is 1. The summed E-state index contributed by atoms with van der Waals surface area (Å²) in [6, 6.07) is 6.00. The van der Waals surface area contributed by atoms with Gasteiger partial charge in [0.25, 0.3) is 0 Å². The second-order valence-electron chi connectivity index (χ2n) is 5.02. The molecule has 3 heteroatoms. The fourth-order valence-electron chi connectivity index (χ4n) is 2.75. The van der Waals surface area contributed by atoms with Gasteiger partial charge in [-0.05, 0) is 31.9 Å². The van der Waals surface area contributed by atoms with Crippen LogP contribution in [0.4, 0.5) is 0 Å². The first-order chi connectivity index (χ1) is 8.76. The summed E-state index contributed by atoms with van der Waals surface area (Å²) in [6.45, 7) is 2.04. The first-order valence-corrected chi connectivity index (χ1v) is 6.63. The van der Waals surface area contributed by atoms with Crippen molar-refractivity contribution >= 4 is 5.71 Å². The topological polar surface area (TPSA) is 41.8 Å². The van der Waals surface area contributed by atoms with Crippen LogP contribution in [0.15, 0.2) is 23.4 Å². The van der Waals surface area contributed by atoms with Gasteiger partial charge in [-0.2, -0.15) is 0 Å². The van der Waals surface area contributed by atoms with Crippen molar-refractivity contribution in [2.45, 2.75) is 39.0 Å². The second-order valence-corrected chi connectivity index (χ2v) is 5.02. The van der Waals surface area contributed by atoms with Crippen molar-refractivity contribution in [2.75, 3.05) is 7.11 Å². The maximum Gasteiger partial charge on any atom is 0.128 e. The Morgan fingerprint density at radius 1 is 1.28 bits per heavy atom. The summed E-state index contributed by atoms with van der Waals surface area (Å²) in [5, 5.41) is 12.9. The van der Waals surface area contributed by atoms with E-state index in [9.17, 15) is 5.21 Å². The van der Waals surface area contributed by atoms with E-state index < -0.39 is 0 Å². The highest BCUT2D eigenvalue weighted by Gasteiger charge is 2.23. The second kappa shape index (κ2) is 5.89. The minimum atomic E-state index is 0.361. The van der Waals surface area contributed by atoms with Gasteiger partial charge in [0, 0.05) is 11.5 Å². The molecule has 0 spiro atoms. The number of oxime groups is 1. The molecule has 98 valence electrons. The molecular formula is C15H21NO2. The van der Waals surface area contributed by atoms with Crippen LogP contribution in [0.3, 0.4) is 0 Å². The van der Waals surface area contributed by atoms with Crippen LogP contribution in [0, 0.1) is 12.8 Å². The van der Waals surface area contributed by atoms with Crippen molar-refractivity contribution in [2.24, 2.45) is 11.1 Å². The Kier molecular flexibility index (Phi) is 4.24. The Morgan fingerprint density at radius 2 is 2.00 bits per heavy atom. The van der Waals surface area contributed by atoms with E-state index in [-0.39, 0.29) is 0 Å². The normalized spacial score (nSPS) is 17.8. The van der Waals surface area contributed by atoms with Crippen molar-refractivity contribution < 1.29 is 9.94 Å². The number of hydrogen-bond donors (Lipinski definition) is 1. The molecule has 0 bridgehead atoms. The Morgan fingerprint density at radius 3 is 2.61 bits per heavy atom. The van der Waals surface area contributed by atoms with E-state index in [0.29, 0.717) is 5.92 Å². The third kappa shape index (κ3) is 2.66. The molecule has 0 amide bonds. The number of ether oxygens (including phenoxy) is 1. The predicted octanol–water partition coefficient (Wildman–Crippen LogP) is 3.76. The van der Waals surface area contributed by atoms with E-state index in [1.54, 1.807) is 7.11 Å². The molecule has 1 aromatic carbocycles. The van der Waals surface area contributed by atoms with Gasteiger partial charge in [-0.3, -0.25) is 0 Å². The van der Waals surface area contributed by atoms with Crippen LogP contribution in [-0.2, 0) is 0 Å². The van der Waals surface area contributed by atoms with Gasteiger partial charge in [-0.15, -0.1) is 0 Å². The molecule has 1 aromatic rings. The van der Waals surface area contributed by atoms with Crippen LogP contribution >= 0.6 is 0 Å². The summed E-state index contributed by atoms with van der Waals surface area (Å²) in [5.41, 5.74) is 2.88. The zero-order chi connectivity index (χ0) is 13.0. The summed E-state index contributed by atoms with van der Waals surface area (Å²) >= 11 is 0. The Bertz CT molecular complexity index is 434. The molecule has 3 nitrogen and oxygen atoms in total. The lowest BCUT2D eigenvalue weighted by atomic mass is 9.83. The fourth-order valence-corrected chi connectivity index (χ4v) is 2.75. The molecule has 0 saturated heterocycles. The summed E-state index contributed by atoms with van der Waals surface area (Å²) in [6.07, 6.45) is 5.95. The van der Waals surface area contributed by atoms with Crippen LogP contribution in [0.1, 0.15) is 43.2 Å². The van der Waals surface area contributed by atoms with Gasteiger partial charge in [0.1, 0.15) is 5.75 Å². The van der Waals surface area contributed by atoms with E-state index in [1.165, 1.54) is 19.3 Å². The van der Waals surface area contributed by atoms with E-state index in [4.69, 9.17) is 4.74 Å². The average molecular weight is 247 g/mol. The lowest BCUT2D eigenvalue weighted by molar-refractivity contribution is 0.310. The maximum atomic E-state index is 9.37. The molecule has 1 fully saturated rings. The van der Waals surface area contributed by atoms with E-state index in [2.05, 4.69) is 5.16 Å². The van der Waals surface area contributed by atoms with Crippen molar-refractivity contribution in [1.82, 2.24) is 0 Å².